The van der Waals surface area contributed by atoms with Crippen molar-refractivity contribution >= 4 is 0 Å². The predicted molar refractivity (Wildman–Crippen MR) is 142 cm³/mol. The summed E-state index contributed by atoms with van der Waals surface area (Å²) in [6, 6.07) is 20.8. The zero-order valence-corrected chi connectivity index (χ0v) is 24.7. The zero-order chi connectivity index (χ0) is 24.6. The van der Waals surface area contributed by atoms with Gasteiger partial charge in [-0.1, -0.05) is 60.7 Å². The van der Waals surface area contributed by atoms with Gasteiger partial charge in [-0.2, -0.15) is 0 Å². The fraction of sp³-hybridized carbons (Fsp3) is 0.375. The molecule has 1 heteroatoms. The predicted octanol–water partition coefficient (Wildman–Crippen LogP) is 9.72. The minimum atomic E-state index is -0.730. The maximum Gasteiger partial charge on any atom is -0.0184 e. The summed E-state index contributed by atoms with van der Waals surface area (Å²) in [5.74, 6) is 0. The van der Waals surface area contributed by atoms with Crippen LogP contribution < -0.4 is 0 Å². The fourth-order valence-corrected chi connectivity index (χ4v) is 9.99. The van der Waals surface area contributed by atoms with Gasteiger partial charge < -0.3 is 0 Å². The van der Waals surface area contributed by atoms with E-state index in [0.29, 0.717) is 0 Å². The van der Waals surface area contributed by atoms with Crippen LogP contribution in [-0.2, 0) is 23.2 Å². The molecule has 0 N–H and O–H groups in total. The first-order valence-corrected chi connectivity index (χ1v) is 14.5. The monoisotopic (exact) mass is 514 g/mol. The second-order valence-corrected chi connectivity index (χ2v) is 13.7. The van der Waals surface area contributed by atoms with Crippen LogP contribution in [0, 0.1) is 10.8 Å². The van der Waals surface area contributed by atoms with Crippen LogP contribution in [0.15, 0.2) is 101 Å². The van der Waals surface area contributed by atoms with Crippen LogP contribution in [0.3, 0.4) is 0 Å². The summed E-state index contributed by atoms with van der Waals surface area (Å²) >= 11 is -0.730. The molecule has 0 bridgehead atoms. The van der Waals surface area contributed by atoms with Crippen molar-refractivity contribution in [3.05, 3.63) is 101 Å². The molecule has 0 saturated carbocycles. The van der Waals surface area contributed by atoms with E-state index < -0.39 is 23.2 Å². The van der Waals surface area contributed by atoms with E-state index in [4.69, 9.17) is 0 Å². The Morgan fingerprint density at radius 3 is 1.00 bits per heavy atom. The molecule has 0 nitrogen and oxygen atoms in total. The molecule has 0 atom stereocenters. The Bertz CT molecular complexity index is 1060. The molecule has 0 radical (unpaired) electrons. The van der Waals surface area contributed by atoms with E-state index in [0.717, 1.165) is 0 Å². The number of benzene rings is 2. The molecule has 0 unspecified atom stereocenters. The van der Waals surface area contributed by atoms with E-state index in [1.165, 1.54) is 11.1 Å². The molecule has 0 saturated heterocycles. The Labute approximate surface area is 214 Å². The third-order valence-corrected chi connectivity index (χ3v) is 14.4. The van der Waals surface area contributed by atoms with E-state index >= 15 is 0 Å². The van der Waals surface area contributed by atoms with Crippen LogP contribution in [0.4, 0.5) is 0 Å². The molecule has 172 valence electrons. The molecule has 2 aromatic carbocycles. The average molecular weight is 516 g/mol. The van der Waals surface area contributed by atoms with Gasteiger partial charge in [0, 0.05) is 0 Å². The van der Waals surface area contributed by atoms with Crippen LogP contribution in [0.5, 0.6) is 0 Å². The Kier molecular flexibility index (Phi) is 7.75. The van der Waals surface area contributed by atoms with Gasteiger partial charge in [0.1, 0.15) is 0 Å². The molecule has 0 aromatic heterocycles. The second-order valence-electron chi connectivity index (χ2n) is 10.6. The average Bonchev–Trinajstić information content (AvgIpc) is 3.05. The second kappa shape index (κ2) is 9.87. The first-order chi connectivity index (χ1) is 15.4. The van der Waals surface area contributed by atoms with Crippen LogP contribution in [0.2, 0.25) is 0 Å². The molecule has 0 heterocycles. The fourth-order valence-electron chi connectivity index (χ4n) is 5.07. The molecular formula is C32H40Zr. The molecule has 0 fully saturated rings. The Hall–Kier alpha value is -1.72. The zero-order valence-electron chi connectivity index (χ0n) is 22.3. The Balaban J connectivity index is 0.000000215. The number of allylic oxidation sites excluding steroid dienone is 8. The molecule has 0 amide bonds. The molecule has 33 heavy (non-hydrogen) atoms. The third kappa shape index (κ3) is 4.90. The molecular weight excluding hydrogens is 476 g/mol. The number of hydrogen-bond donors (Lipinski definition) is 0. The van der Waals surface area contributed by atoms with Crippen molar-refractivity contribution in [2.24, 2.45) is 10.8 Å². The maximum absolute atomic E-state index is 2.43. The van der Waals surface area contributed by atoms with E-state index in [-0.39, 0.29) is 10.8 Å². The summed E-state index contributed by atoms with van der Waals surface area (Å²) in [6.45, 7) is 23.7. The first-order valence-electron chi connectivity index (χ1n) is 12.1. The van der Waals surface area contributed by atoms with Crippen molar-refractivity contribution in [2.75, 3.05) is 0 Å². The molecule has 0 spiro atoms. The molecule has 0 aliphatic heterocycles. The summed E-state index contributed by atoms with van der Waals surface area (Å²) in [5, 5.41) is 0. The van der Waals surface area contributed by atoms with Gasteiger partial charge in [0.25, 0.3) is 0 Å². The topological polar surface area (TPSA) is 0 Å². The standard InChI is InChI=1S/C12H10.2C10H15.Zr/c1-3-7-11(8-4-1)12-9-5-2-6-10-12;2*1-7-6-10(4,5)9(3)8(7)2;/h1-10H;2*1-5H3;. The Morgan fingerprint density at radius 1 is 0.455 bits per heavy atom. The van der Waals surface area contributed by atoms with Gasteiger partial charge >= 0.3 is 143 Å². The SMILES string of the molecule is CC1=C(C)C(C)(C)[C]([Zr][C]2=C(C)C(C)=C(C)C2(C)C)=C1C.c1ccc(-c2ccccc2)cc1. The largest absolute Gasteiger partial charge is 0.0622 e. The van der Waals surface area contributed by atoms with Crippen molar-refractivity contribution in [1.29, 1.82) is 0 Å². The molecule has 2 aliphatic rings. The summed E-state index contributed by atoms with van der Waals surface area (Å²) in [6.07, 6.45) is 0. The first kappa shape index (κ1) is 25.9. The van der Waals surface area contributed by atoms with Gasteiger partial charge in [-0.3, -0.25) is 0 Å². The number of hydrogen-bond acceptors (Lipinski definition) is 0. The summed E-state index contributed by atoms with van der Waals surface area (Å²) in [7, 11) is 0. The summed E-state index contributed by atoms with van der Waals surface area (Å²) < 4.78 is 3.59. The summed E-state index contributed by atoms with van der Waals surface area (Å²) in [4.78, 5) is 0. The minimum Gasteiger partial charge on any atom is -0.0622 e. The van der Waals surface area contributed by atoms with Crippen LogP contribution in [-0.4, -0.2) is 0 Å². The quantitative estimate of drug-likeness (QED) is 0.381. The van der Waals surface area contributed by atoms with E-state index in [9.17, 15) is 0 Å². The van der Waals surface area contributed by atoms with Crippen LogP contribution in [0.1, 0.15) is 69.2 Å². The van der Waals surface area contributed by atoms with Crippen molar-refractivity contribution < 1.29 is 23.2 Å². The normalized spacial score (nSPS) is 19.2. The molecule has 4 rings (SSSR count). The van der Waals surface area contributed by atoms with Gasteiger partial charge in [-0.05, 0) is 11.1 Å². The smallest absolute Gasteiger partial charge is 0.0184 e. The van der Waals surface area contributed by atoms with Crippen molar-refractivity contribution in [1.82, 2.24) is 0 Å². The van der Waals surface area contributed by atoms with E-state index in [2.05, 4.69) is 118 Å². The van der Waals surface area contributed by atoms with Gasteiger partial charge in [0.15, 0.2) is 0 Å². The van der Waals surface area contributed by atoms with Crippen LogP contribution >= 0.6 is 0 Å². The Morgan fingerprint density at radius 2 is 0.758 bits per heavy atom. The van der Waals surface area contributed by atoms with E-state index in [1.54, 1.807) is 40.0 Å². The van der Waals surface area contributed by atoms with Gasteiger partial charge in [0.05, 0.1) is 0 Å². The number of rotatable bonds is 3. The van der Waals surface area contributed by atoms with Crippen molar-refractivity contribution in [2.45, 2.75) is 69.2 Å². The van der Waals surface area contributed by atoms with Crippen molar-refractivity contribution in [3.63, 3.8) is 0 Å². The third-order valence-electron chi connectivity index (χ3n) is 8.26. The minimum absolute atomic E-state index is 0.286. The molecule has 2 aromatic rings. The van der Waals surface area contributed by atoms with Gasteiger partial charge in [-0.25, -0.2) is 0 Å². The van der Waals surface area contributed by atoms with Gasteiger partial charge in [-0.15, -0.1) is 0 Å². The summed E-state index contributed by atoms with van der Waals surface area (Å²) in [5.41, 5.74) is 12.6. The molecule has 2 aliphatic carbocycles. The van der Waals surface area contributed by atoms with Crippen molar-refractivity contribution in [3.8, 4) is 11.1 Å². The maximum atomic E-state index is 2.43. The van der Waals surface area contributed by atoms with Gasteiger partial charge in [0.2, 0.25) is 0 Å². The van der Waals surface area contributed by atoms with E-state index in [1.807, 2.05) is 12.1 Å². The van der Waals surface area contributed by atoms with Crippen LogP contribution in [0.25, 0.3) is 11.1 Å².